The van der Waals surface area contributed by atoms with Crippen LogP contribution < -0.4 is 10.6 Å². The normalized spacial score (nSPS) is 22.4. The van der Waals surface area contributed by atoms with Crippen LogP contribution in [-0.4, -0.2) is 35.6 Å². The van der Waals surface area contributed by atoms with Gasteiger partial charge in [0.1, 0.15) is 5.54 Å². The van der Waals surface area contributed by atoms with Crippen molar-refractivity contribution in [1.82, 2.24) is 10.6 Å². The topological polar surface area (TPSA) is 78.4 Å². The van der Waals surface area contributed by atoms with Crippen LogP contribution in [0.15, 0.2) is 11.1 Å². The number of aliphatic carboxylic acids is 1. The second-order valence-electron chi connectivity index (χ2n) is 5.07. The van der Waals surface area contributed by atoms with Gasteiger partial charge in [-0.1, -0.05) is 0 Å². The van der Waals surface area contributed by atoms with Gasteiger partial charge in [-0.15, -0.1) is 0 Å². The molecular weight excluding hydrogens is 220 g/mol. The predicted octanol–water partition coefficient (Wildman–Crippen LogP) is 0.276. The minimum Gasteiger partial charge on any atom is -0.480 e. The van der Waals surface area contributed by atoms with E-state index in [-0.39, 0.29) is 11.8 Å². The average Bonchev–Trinajstić information content (AvgIpc) is 2.97. The number of carboxylic acids is 1. The first-order valence-electron chi connectivity index (χ1n) is 5.90. The quantitative estimate of drug-likeness (QED) is 0.615. The van der Waals surface area contributed by atoms with Gasteiger partial charge in [-0.05, 0) is 38.2 Å². The summed E-state index contributed by atoms with van der Waals surface area (Å²) in [4.78, 5) is 23.2. The third-order valence-corrected chi connectivity index (χ3v) is 3.76. The van der Waals surface area contributed by atoms with Gasteiger partial charge in [-0.25, -0.2) is 4.79 Å². The first-order chi connectivity index (χ1) is 7.95. The molecule has 1 aliphatic carbocycles. The molecule has 2 aliphatic rings. The van der Waals surface area contributed by atoms with Crippen LogP contribution in [0.25, 0.3) is 0 Å². The summed E-state index contributed by atoms with van der Waals surface area (Å²) >= 11 is 0. The molecule has 0 aromatic rings. The van der Waals surface area contributed by atoms with E-state index in [0.717, 1.165) is 31.5 Å². The van der Waals surface area contributed by atoms with Crippen molar-refractivity contribution in [3.63, 3.8) is 0 Å². The maximum absolute atomic E-state index is 12.0. The van der Waals surface area contributed by atoms with Gasteiger partial charge in [-0.2, -0.15) is 0 Å². The Kier molecular flexibility index (Phi) is 2.95. The number of carbonyl (C=O) groups excluding carboxylic acids is 1. The molecule has 5 nitrogen and oxygen atoms in total. The molecule has 0 spiro atoms. The Balaban J connectivity index is 2.08. The summed E-state index contributed by atoms with van der Waals surface area (Å²) in [6, 6.07) is 0. The van der Waals surface area contributed by atoms with Gasteiger partial charge in [0.25, 0.3) is 0 Å². The van der Waals surface area contributed by atoms with Crippen LogP contribution in [-0.2, 0) is 9.59 Å². The maximum atomic E-state index is 12.0. The Morgan fingerprint density at radius 1 is 1.41 bits per heavy atom. The van der Waals surface area contributed by atoms with Crippen LogP contribution in [0.1, 0.15) is 26.7 Å². The lowest BCUT2D eigenvalue weighted by molar-refractivity contribution is -0.147. The van der Waals surface area contributed by atoms with Gasteiger partial charge >= 0.3 is 5.97 Å². The van der Waals surface area contributed by atoms with E-state index in [1.807, 2.05) is 0 Å². The van der Waals surface area contributed by atoms with Crippen LogP contribution in [0, 0.1) is 5.92 Å². The molecule has 3 N–H and O–H groups in total. The molecule has 17 heavy (non-hydrogen) atoms. The maximum Gasteiger partial charge on any atom is 0.329 e. The van der Waals surface area contributed by atoms with Gasteiger partial charge in [0.15, 0.2) is 0 Å². The minimum absolute atomic E-state index is 0.0706. The van der Waals surface area contributed by atoms with E-state index in [0.29, 0.717) is 5.57 Å². The van der Waals surface area contributed by atoms with E-state index in [1.165, 1.54) is 0 Å². The third-order valence-electron chi connectivity index (χ3n) is 3.76. The van der Waals surface area contributed by atoms with Crippen molar-refractivity contribution in [3.8, 4) is 0 Å². The third kappa shape index (κ3) is 2.20. The lowest BCUT2D eigenvalue weighted by Crippen LogP contribution is -2.54. The van der Waals surface area contributed by atoms with E-state index < -0.39 is 11.5 Å². The molecule has 1 aliphatic heterocycles. The van der Waals surface area contributed by atoms with E-state index in [4.69, 9.17) is 0 Å². The van der Waals surface area contributed by atoms with Crippen LogP contribution in [0.5, 0.6) is 0 Å². The summed E-state index contributed by atoms with van der Waals surface area (Å²) in [6.07, 6.45) is 1.75. The van der Waals surface area contributed by atoms with Gasteiger partial charge in [0, 0.05) is 18.7 Å². The fourth-order valence-electron chi connectivity index (χ4n) is 2.00. The molecule has 0 bridgehead atoms. The summed E-state index contributed by atoms with van der Waals surface area (Å²) in [5.41, 5.74) is 0.596. The Labute approximate surface area is 100 Å². The number of carbonyl (C=O) groups is 2. The zero-order chi connectivity index (χ0) is 12.6. The van der Waals surface area contributed by atoms with Gasteiger partial charge in [0.05, 0.1) is 0 Å². The Morgan fingerprint density at radius 3 is 2.35 bits per heavy atom. The van der Waals surface area contributed by atoms with Crippen molar-refractivity contribution in [2.24, 2.45) is 5.92 Å². The molecule has 1 atom stereocenters. The number of hydrogen-bond acceptors (Lipinski definition) is 3. The highest BCUT2D eigenvalue weighted by atomic mass is 16.4. The summed E-state index contributed by atoms with van der Waals surface area (Å²) in [6.45, 7) is 4.81. The van der Waals surface area contributed by atoms with Crippen molar-refractivity contribution in [2.45, 2.75) is 32.2 Å². The molecule has 5 heteroatoms. The van der Waals surface area contributed by atoms with Crippen molar-refractivity contribution >= 4 is 11.9 Å². The van der Waals surface area contributed by atoms with Crippen molar-refractivity contribution in [2.75, 3.05) is 13.1 Å². The molecule has 1 heterocycles. The summed E-state index contributed by atoms with van der Waals surface area (Å²) in [5.74, 6) is -1.13. The largest absolute Gasteiger partial charge is 0.480 e. The second-order valence-corrected chi connectivity index (χ2v) is 5.07. The molecule has 1 saturated carbocycles. The lowest BCUT2D eigenvalue weighted by Gasteiger charge is -2.28. The molecule has 0 radical (unpaired) electrons. The highest BCUT2D eigenvalue weighted by Crippen LogP contribution is 2.39. The molecule has 0 aromatic carbocycles. The van der Waals surface area contributed by atoms with Gasteiger partial charge in [0.2, 0.25) is 5.91 Å². The van der Waals surface area contributed by atoms with E-state index in [9.17, 15) is 14.7 Å². The number of rotatable bonds is 4. The molecule has 1 saturated heterocycles. The molecule has 94 valence electrons. The smallest absolute Gasteiger partial charge is 0.329 e. The zero-order valence-electron chi connectivity index (χ0n) is 10.2. The standard InChI is InChI=1S/C12H18N2O3/c1-7(8-5-13-6-8)10(15)14-12(2,11(16)17)9-3-4-9/h9,13H,3-6H2,1-2H3,(H,14,15)(H,16,17). The Morgan fingerprint density at radius 2 is 2.00 bits per heavy atom. The minimum atomic E-state index is -1.12. The molecular formula is C12H18N2O3. The van der Waals surface area contributed by atoms with E-state index >= 15 is 0 Å². The summed E-state index contributed by atoms with van der Waals surface area (Å²) < 4.78 is 0. The van der Waals surface area contributed by atoms with Crippen LogP contribution in [0.4, 0.5) is 0 Å². The number of hydrogen-bond donors (Lipinski definition) is 3. The number of carboxylic acid groups (broad SMARTS) is 1. The molecule has 2 rings (SSSR count). The zero-order valence-corrected chi connectivity index (χ0v) is 10.2. The monoisotopic (exact) mass is 238 g/mol. The molecule has 0 aromatic heterocycles. The highest BCUT2D eigenvalue weighted by Gasteiger charge is 2.48. The first-order valence-corrected chi connectivity index (χ1v) is 5.90. The first kappa shape index (κ1) is 12.1. The average molecular weight is 238 g/mol. The van der Waals surface area contributed by atoms with Crippen molar-refractivity contribution in [1.29, 1.82) is 0 Å². The van der Waals surface area contributed by atoms with Gasteiger partial charge < -0.3 is 15.7 Å². The van der Waals surface area contributed by atoms with Crippen molar-refractivity contribution < 1.29 is 14.7 Å². The highest BCUT2D eigenvalue weighted by molar-refractivity contribution is 5.97. The molecule has 1 amide bonds. The number of nitrogens with one attached hydrogen (secondary N) is 2. The predicted molar refractivity (Wildman–Crippen MR) is 62.5 cm³/mol. The van der Waals surface area contributed by atoms with E-state index in [1.54, 1.807) is 13.8 Å². The van der Waals surface area contributed by atoms with Crippen LogP contribution >= 0.6 is 0 Å². The van der Waals surface area contributed by atoms with E-state index in [2.05, 4.69) is 10.6 Å². The van der Waals surface area contributed by atoms with Crippen LogP contribution in [0.3, 0.4) is 0 Å². The molecule has 2 fully saturated rings. The summed E-state index contributed by atoms with van der Waals surface area (Å²) in [5, 5.41) is 15.0. The Hall–Kier alpha value is -1.36. The SMILES string of the molecule is CC(C(=O)NC(C)(C(=O)O)C1CC1)=C1CNC1. The van der Waals surface area contributed by atoms with Gasteiger partial charge in [-0.3, -0.25) is 4.79 Å². The fraction of sp³-hybridized carbons (Fsp3) is 0.667. The van der Waals surface area contributed by atoms with Crippen LogP contribution in [0.2, 0.25) is 0 Å². The number of amides is 1. The Bertz CT molecular complexity index is 393. The van der Waals surface area contributed by atoms with Crippen molar-refractivity contribution in [3.05, 3.63) is 11.1 Å². The lowest BCUT2D eigenvalue weighted by atomic mass is 9.94. The molecule has 1 unspecified atom stereocenters. The summed E-state index contributed by atoms with van der Waals surface area (Å²) in [7, 11) is 0. The second kappa shape index (κ2) is 4.14. The fourth-order valence-corrected chi connectivity index (χ4v) is 2.00.